The third kappa shape index (κ3) is 10.1. The quantitative estimate of drug-likeness (QED) is 0.222. The summed E-state index contributed by atoms with van der Waals surface area (Å²) in [6.07, 6.45) is 0.792. The Hall–Kier alpha value is -2.78. The Morgan fingerprint density at radius 1 is 0.963 bits per heavy atom. The van der Waals surface area contributed by atoms with Crippen LogP contribution in [0.25, 0.3) is 0 Å². The summed E-state index contributed by atoms with van der Waals surface area (Å²) in [4.78, 5) is 47.5. The standard InChI is InChI=1S/C17H32N6O4/c1-9(2)14(15(19)25)23-17(27)13(7-6-8-20-11(4)18)22-16(26)10(3)21-12(5)24/h9-10,13-14,20H,4,6-8,18H2,1-3,5H3,(H2,19,25)(H,21,24)(H,22,26)(H,23,27)/t10-,13-,14-/m0/s1. The van der Waals surface area contributed by atoms with E-state index in [2.05, 4.69) is 27.8 Å². The van der Waals surface area contributed by atoms with E-state index in [1.165, 1.54) is 13.8 Å². The lowest BCUT2D eigenvalue weighted by Crippen LogP contribution is -2.56. The zero-order chi connectivity index (χ0) is 21.1. The van der Waals surface area contributed by atoms with Crippen LogP contribution >= 0.6 is 0 Å². The molecule has 0 saturated carbocycles. The van der Waals surface area contributed by atoms with E-state index >= 15 is 0 Å². The van der Waals surface area contributed by atoms with Gasteiger partial charge < -0.3 is 32.7 Å². The van der Waals surface area contributed by atoms with Crippen molar-refractivity contribution in [3.63, 3.8) is 0 Å². The van der Waals surface area contributed by atoms with Crippen LogP contribution in [-0.2, 0) is 19.2 Å². The Kier molecular flexibility index (Phi) is 10.6. The molecule has 8 N–H and O–H groups in total. The van der Waals surface area contributed by atoms with Gasteiger partial charge in [-0.15, -0.1) is 0 Å². The van der Waals surface area contributed by atoms with Gasteiger partial charge in [0, 0.05) is 13.5 Å². The van der Waals surface area contributed by atoms with Crippen molar-refractivity contribution in [2.24, 2.45) is 17.4 Å². The lowest BCUT2D eigenvalue weighted by atomic mass is 10.0. The first-order valence-corrected chi connectivity index (χ1v) is 8.81. The third-order valence-corrected chi connectivity index (χ3v) is 3.74. The van der Waals surface area contributed by atoms with Crippen LogP contribution in [0.15, 0.2) is 12.4 Å². The third-order valence-electron chi connectivity index (χ3n) is 3.74. The molecular weight excluding hydrogens is 352 g/mol. The van der Waals surface area contributed by atoms with Crippen molar-refractivity contribution in [2.45, 2.75) is 58.7 Å². The van der Waals surface area contributed by atoms with E-state index in [4.69, 9.17) is 11.5 Å². The van der Waals surface area contributed by atoms with Gasteiger partial charge in [0.2, 0.25) is 23.6 Å². The van der Waals surface area contributed by atoms with E-state index in [0.717, 1.165) is 0 Å². The Balaban J connectivity index is 5.06. The molecule has 0 aliphatic rings. The maximum Gasteiger partial charge on any atom is 0.243 e. The van der Waals surface area contributed by atoms with Gasteiger partial charge in [0.05, 0.1) is 5.82 Å². The zero-order valence-corrected chi connectivity index (χ0v) is 16.4. The summed E-state index contributed by atoms with van der Waals surface area (Å²) in [5, 5.41) is 10.4. The van der Waals surface area contributed by atoms with Crippen molar-refractivity contribution >= 4 is 23.6 Å². The van der Waals surface area contributed by atoms with Crippen molar-refractivity contribution in [2.75, 3.05) is 6.54 Å². The molecule has 0 aliphatic heterocycles. The Bertz CT molecular complexity index is 564. The van der Waals surface area contributed by atoms with Crippen molar-refractivity contribution in [3.8, 4) is 0 Å². The molecule has 0 radical (unpaired) electrons. The number of carbonyl (C=O) groups excluding carboxylic acids is 4. The molecule has 0 saturated heterocycles. The van der Waals surface area contributed by atoms with Crippen LogP contribution in [-0.4, -0.2) is 48.3 Å². The van der Waals surface area contributed by atoms with Gasteiger partial charge in [-0.2, -0.15) is 0 Å². The molecule has 0 fully saturated rings. The van der Waals surface area contributed by atoms with Crippen LogP contribution in [0.4, 0.5) is 0 Å². The van der Waals surface area contributed by atoms with Gasteiger partial charge in [-0.1, -0.05) is 20.4 Å². The molecule has 10 heteroatoms. The Morgan fingerprint density at radius 2 is 1.56 bits per heavy atom. The fourth-order valence-electron chi connectivity index (χ4n) is 2.31. The van der Waals surface area contributed by atoms with Gasteiger partial charge in [0.15, 0.2) is 0 Å². The second kappa shape index (κ2) is 11.8. The van der Waals surface area contributed by atoms with E-state index in [1.807, 2.05) is 0 Å². The molecule has 0 aromatic heterocycles. The summed E-state index contributed by atoms with van der Waals surface area (Å²) >= 11 is 0. The Labute approximate surface area is 159 Å². The predicted octanol–water partition coefficient (Wildman–Crippen LogP) is -1.58. The second-order valence-electron chi connectivity index (χ2n) is 6.71. The predicted molar refractivity (Wildman–Crippen MR) is 102 cm³/mol. The number of amides is 4. The molecule has 3 atom stereocenters. The summed E-state index contributed by atoms with van der Waals surface area (Å²) in [6.45, 7) is 10.3. The summed E-state index contributed by atoms with van der Waals surface area (Å²) in [6, 6.07) is -2.56. The van der Waals surface area contributed by atoms with Gasteiger partial charge in [0.25, 0.3) is 0 Å². The number of primary amides is 1. The fraction of sp³-hybridized carbons (Fsp3) is 0.647. The summed E-state index contributed by atoms with van der Waals surface area (Å²) < 4.78 is 0. The van der Waals surface area contributed by atoms with E-state index in [9.17, 15) is 19.2 Å². The minimum absolute atomic E-state index is 0.205. The van der Waals surface area contributed by atoms with Gasteiger partial charge >= 0.3 is 0 Å². The number of carbonyl (C=O) groups is 4. The summed E-state index contributed by atoms with van der Waals surface area (Å²) in [7, 11) is 0. The topological polar surface area (TPSA) is 168 Å². The molecule has 0 spiro atoms. The molecule has 0 aliphatic carbocycles. The lowest BCUT2D eigenvalue weighted by molar-refractivity contribution is -0.133. The number of nitrogens with one attached hydrogen (secondary N) is 4. The molecule has 0 bridgehead atoms. The van der Waals surface area contributed by atoms with Crippen LogP contribution in [0.1, 0.15) is 40.5 Å². The normalized spacial score (nSPS) is 13.8. The van der Waals surface area contributed by atoms with Gasteiger partial charge in [0.1, 0.15) is 18.1 Å². The highest BCUT2D eigenvalue weighted by atomic mass is 16.2. The zero-order valence-electron chi connectivity index (χ0n) is 16.4. The number of rotatable bonds is 12. The highest BCUT2D eigenvalue weighted by molar-refractivity contribution is 5.93. The first-order valence-electron chi connectivity index (χ1n) is 8.81. The van der Waals surface area contributed by atoms with Crippen LogP contribution in [0.5, 0.6) is 0 Å². The monoisotopic (exact) mass is 384 g/mol. The first-order chi connectivity index (χ1) is 12.5. The van der Waals surface area contributed by atoms with Crippen molar-refractivity contribution < 1.29 is 19.2 Å². The maximum atomic E-state index is 12.6. The van der Waals surface area contributed by atoms with E-state index in [0.29, 0.717) is 18.8 Å². The fourth-order valence-corrected chi connectivity index (χ4v) is 2.31. The van der Waals surface area contributed by atoms with E-state index in [1.54, 1.807) is 13.8 Å². The average molecular weight is 384 g/mol. The molecule has 10 nitrogen and oxygen atoms in total. The van der Waals surface area contributed by atoms with E-state index in [-0.39, 0.29) is 18.2 Å². The van der Waals surface area contributed by atoms with Crippen LogP contribution in [0, 0.1) is 5.92 Å². The molecule has 154 valence electrons. The van der Waals surface area contributed by atoms with E-state index < -0.39 is 35.8 Å². The van der Waals surface area contributed by atoms with Crippen molar-refractivity contribution in [1.82, 2.24) is 21.3 Å². The first kappa shape index (κ1) is 24.2. The maximum absolute atomic E-state index is 12.6. The van der Waals surface area contributed by atoms with Crippen molar-refractivity contribution in [1.29, 1.82) is 0 Å². The highest BCUT2D eigenvalue weighted by Gasteiger charge is 2.28. The van der Waals surface area contributed by atoms with Crippen LogP contribution in [0.3, 0.4) is 0 Å². The second-order valence-corrected chi connectivity index (χ2v) is 6.71. The number of hydrogen-bond acceptors (Lipinski definition) is 6. The molecule has 4 amide bonds. The molecule has 0 aromatic rings. The molecule has 27 heavy (non-hydrogen) atoms. The molecule has 0 unspecified atom stereocenters. The average Bonchev–Trinajstić information content (AvgIpc) is 2.53. The van der Waals surface area contributed by atoms with Gasteiger partial charge in [-0.25, -0.2) is 0 Å². The molecule has 0 rings (SSSR count). The van der Waals surface area contributed by atoms with Crippen LogP contribution in [0.2, 0.25) is 0 Å². The molecule has 0 aromatic carbocycles. The minimum Gasteiger partial charge on any atom is -0.386 e. The minimum atomic E-state index is -0.901. The number of hydrogen-bond donors (Lipinski definition) is 6. The Morgan fingerprint density at radius 3 is 2.00 bits per heavy atom. The molecule has 0 heterocycles. The van der Waals surface area contributed by atoms with Crippen LogP contribution < -0.4 is 32.7 Å². The molecular formula is C17H32N6O4. The largest absolute Gasteiger partial charge is 0.386 e. The smallest absolute Gasteiger partial charge is 0.243 e. The highest BCUT2D eigenvalue weighted by Crippen LogP contribution is 2.04. The van der Waals surface area contributed by atoms with Gasteiger partial charge in [-0.05, 0) is 25.7 Å². The lowest BCUT2D eigenvalue weighted by Gasteiger charge is -2.25. The van der Waals surface area contributed by atoms with Crippen molar-refractivity contribution in [3.05, 3.63) is 12.4 Å². The SMILES string of the molecule is C=C(N)NCCC[C@H](NC(=O)[C@H](C)NC(C)=O)C(=O)N[C@H](C(N)=O)C(C)C. The summed E-state index contributed by atoms with van der Waals surface area (Å²) in [5.41, 5.74) is 10.7. The summed E-state index contributed by atoms with van der Waals surface area (Å²) in [5.74, 6) is -1.96. The number of nitrogens with two attached hydrogens (primary N) is 2. The van der Waals surface area contributed by atoms with Gasteiger partial charge in [-0.3, -0.25) is 19.2 Å².